The second-order valence-electron chi connectivity index (χ2n) is 6.71. The Morgan fingerprint density at radius 1 is 1.29 bits per heavy atom. The molecule has 2 saturated heterocycles. The average Bonchev–Trinajstić information content (AvgIpc) is 3.32. The topological polar surface area (TPSA) is 42.2 Å². The first-order valence-electron chi connectivity index (χ1n) is 9.07. The van der Waals surface area contributed by atoms with E-state index in [4.69, 9.17) is 9.51 Å². The highest BCUT2D eigenvalue weighted by Crippen LogP contribution is 2.48. The molecule has 0 amide bonds. The van der Waals surface area contributed by atoms with Crippen molar-refractivity contribution >= 4 is 11.8 Å². The van der Waals surface area contributed by atoms with Crippen molar-refractivity contribution in [3.63, 3.8) is 0 Å². The summed E-state index contributed by atoms with van der Waals surface area (Å²) in [6.45, 7) is 3.37. The van der Waals surface area contributed by atoms with E-state index in [0.29, 0.717) is 18.0 Å². The van der Waals surface area contributed by atoms with Crippen LogP contribution in [0.4, 0.5) is 0 Å². The number of fused-ring (bicyclic) bond motifs is 1. The Morgan fingerprint density at radius 3 is 3.00 bits per heavy atom. The van der Waals surface area contributed by atoms with Crippen LogP contribution < -0.4 is 0 Å². The lowest BCUT2D eigenvalue weighted by Crippen LogP contribution is -2.27. The molecule has 2 aliphatic rings. The minimum absolute atomic E-state index is 0.411. The van der Waals surface area contributed by atoms with E-state index >= 15 is 0 Å². The lowest BCUT2D eigenvalue weighted by Gasteiger charge is -2.24. The Hall–Kier alpha value is -1.33. The third kappa shape index (κ3) is 3.11. The molecule has 3 atom stereocenters. The van der Waals surface area contributed by atoms with Gasteiger partial charge < -0.3 is 4.52 Å². The van der Waals surface area contributed by atoms with Crippen molar-refractivity contribution in [2.75, 3.05) is 18.1 Å². The van der Waals surface area contributed by atoms with Crippen molar-refractivity contribution in [1.82, 2.24) is 15.0 Å². The Balaban J connectivity index is 1.51. The normalized spacial score (nSPS) is 26.8. The Morgan fingerprint density at radius 2 is 2.17 bits per heavy atom. The summed E-state index contributed by atoms with van der Waals surface area (Å²) in [5, 5.41) is 4.34. The number of benzene rings is 1. The second-order valence-corrected chi connectivity index (χ2v) is 8.10. The van der Waals surface area contributed by atoms with Crippen molar-refractivity contribution in [2.24, 2.45) is 0 Å². The van der Waals surface area contributed by atoms with E-state index in [-0.39, 0.29) is 0 Å². The highest BCUT2D eigenvalue weighted by Gasteiger charge is 2.46. The van der Waals surface area contributed by atoms with Gasteiger partial charge in [0.15, 0.2) is 5.82 Å². The first-order valence-corrected chi connectivity index (χ1v) is 10.2. The van der Waals surface area contributed by atoms with Crippen LogP contribution in [0.2, 0.25) is 0 Å². The summed E-state index contributed by atoms with van der Waals surface area (Å²) < 4.78 is 5.52. The van der Waals surface area contributed by atoms with Crippen LogP contribution in [0.15, 0.2) is 34.9 Å². The number of hydrogen-bond donors (Lipinski definition) is 0. The fourth-order valence-corrected chi connectivity index (χ4v) is 4.88. The number of hydrogen-bond acceptors (Lipinski definition) is 5. The number of aryl methyl sites for hydroxylation is 1. The first-order chi connectivity index (χ1) is 11.9. The number of nitrogens with zero attached hydrogens (tertiary/aromatic N) is 3. The number of thioether (sulfide) groups is 1. The van der Waals surface area contributed by atoms with Crippen LogP contribution in [0.25, 0.3) is 0 Å². The Bertz CT molecular complexity index is 660. The lowest BCUT2D eigenvalue weighted by molar-refractivity contribution is 0.243. The molecule has 128 valence electrons. The van der Waals surface area contributed by atoms with Crippen LogP contribution in [-0.2, 0) is 6.42 Å². The number of aromatic nitrogens is 2. The molecule has 2 aliphatic heterocycles. The Kier molecular flexibility index (Phi) is 4.90. The maximum atomic E-state index is 5.52. The van der Waals surface area contributed by atoms with E-state index < -0.39 is 0 Å². The lowest BCUT2D eigenvalue weighted by atomic mass is 9.94. The minimum Gasteiger partial charge on any atom is -0.339 e. The monoisotopic (exact) mass is 343 g/mol. The maximum Gasteiger partial charge on any atom is 0.227 e. The van der Waals surface area contributed by atoms with Crippen molar-refractivity contribution in [3.8, 4) is 0 Å². The summed E-state index contributed by atoms with van der Waals surface area (Å²) in [6, 6.07) is 12.0. The van der Waals surface area contributed by atoms with Crippen molar-refractivity contribution in [3.05, 3.63) is 47.6 Å². The van der Waals surface area contributed by atoms with Gasteiger partial charge in [0.1, 0.15) is 0 Å². The standard InChI is InChI=1S/C19H25N3OS/c1-2-24-12-10-18-20-19(21-23-18)15-13-17(14-7-4-3-5-8-14)22-11-6-9-16(15)22/h3-5,7-8,15-17H,2,6,9-13H2,1H3/t15-,16+,17-/m0/s1. The van der Waals surface area contributed by atoms with Crippen LogP contribution in [0.1, 0.15) is 55.4 Å². The molecule has 2 aromatic rings. The van der Waals surface area contributed by atoms with Gasteiger partial charge in [-0.25, -0.2) is 0 Å². The van der Waals surface area contributed by atoms with E-state index in [1.165, 1.54) is 24.9 Å². The highest BCUT2D eigenvalue weighted by molar-refractivity contribution is 7.99. The fourth-order valence-electron chi connectivity index (χ4n) is 4.27. The molecular weight excluding hydrogens is 318 g/mol. The summed E-state index contributed by atoms with van der Waals surface area (Å²) in [6.07, 6.45) is 4.53. The number of rotatable bonds is 6. The predicted molar refractivity (Wildman–Crippen MR) is 97.3 cm³/mol. The van der Waals surface area contributed by atoms with Gasteiger partial charge in [-0.3, -0.25) is 4.90 Å². The largest absolute Gasteiger partial charge is 0.339 e. The summed E-state index contributed by atoms with van der Waals surface area (Å²) in [7, 11) is 0. The summed E-state index contributed by atoms with van der Waals surface area (Å²) in [5.74, 6) is 4.35. The van der Waals surface area contributed by atoms with Gasteiger partial charge in [-0.15, -0.1) is 0 Å². The molecule has 2 fully saturated rings. The first kappa shape index (κ1) is 16.2. The third-order valence-electron chi connectivity index (χ3n) is 5.35. The molecule has 0 radical (unpaired) electrons. The van der Waals surface area contributed by atoms with Gasteiger partial charge in [-0.2, -0.15) is 16.7 Å². The van der Waals surface area contributed by atoms with Gasteiger partial charge >= 0.3 is 0 Å². The molecule has 5 heteroatoms. The smallest absolute Gasteiger partial charge is 0.227 e. The predicted octanol–water partition coefficient (Wildman–Crippen LogP) is 4.06. The zero-order valence-electron chi connectivity index (χ0n) is 14.2. The second kappa shape index (κ2) is 7.28. The van der Waals surface area contributed by atoms with Gasteiger partial charge in [0, 0.05) is 30.2 Å². The molecule has 0 spiro atoms. The molecule has 3 heterocycles. The summed E-state index contributed by atoms with van der Waals surface area (Å²) in [5.41, 5.74) is 1.43. The molecule has 4 rings (SSSR count). The zero-order valence-corrected chi connectivity index (χ0v) is 15.0. The van der Waals surface area contributed by atoms with Crippen molar-refractivity contribution < 1.29 is 4.52 Å². The molecule has 0 aliphatic carbocycles. The van der Waals surface area contributed by atoms with E-state index in [2.05, 4.69) is 47.3 Å². The van der Waals surface area contributed by atoms with E-state index in [9.17, 15) is 0 Å². The minimum atomic E-state index is 0.411. The van der Waals surface area contributed by atoms with Gasteiger partial charge in [0.05, 0.1) is 0 Å². The van der Waals surface area contributed by atoms with E-state index in [0.717, 1.165) is 36.1 Å². The van der Waals surface area contributed by atoms with Gasteiger partial charge in [-0.05, 0) is 37.1 Å². The van der Waals surface area contributed by atoms with Crippen LogP contribution in [0.3, 0.4) is 0 Å². The maximum absolute atomic E-state index is 5.52. The third-order valence-corrected chi connectivity index (χ3v) is 6.25. The van der Waals surface area contributed by atoms with Gasteiger partial charge in [0.2, 0.25) is 5.89 Å². The van der Waals surface area contributed by atoms with Gasteiger partial charge in [0.25, 0.3) is 0 Å². The SMILES string of the molecule is CCSCCc1nc([C@H]2C[C@@H](c3ccccc3)N3CCC[C@H]23)no1. The van der Waals surface area contributed by atoms with Crippen LogP contribution in [0, 0.1) is 0 Å². The fraction of sp³-hybridized carbons (Fsp3) is 0.579. The molecule has 1 aromatic carbocycles. The molecule has 1 aromatic heterocycles. The zero-order chi connectivity index (χ0) is 16.4. The molecule has 0 saturated carbocycles. The molecule has 0 unspecified atom stereocenters. The van der Waals surface area contributed by atoms with Gasteiger partial charge in [-0.1, -0.05) is 42.4 Å². The highest BCUT2D eigenvalue weighted by atomic mass is 32.2. The van der Waals surface area contributed by atoms with Crippen molar-refractivity contribution in [1.29, 1.82) is 0 Å². The summed E-state index contributed by atoms with van der Waals surface area (Å²) >= 11 is 1.92. The molecule has 0 N–H and O–H groups in total. The van der Waals surface area contributed by atoms with Crippen LogP contribution in [-0.4, -0.2) is 39.1 Å². The quantitative estimate of drug-likeness (QED) is 0.740. The van der Waals surface area contributed by atoms with Crippen LogP contribution in [0.5, 0.6) is 0 Å². The summed E-state index contributed by atoms with van der Waals surface area (Å²) in [4.78, 5) is 7.40. The molecule has 4 nitrogen and oxygen atoms in total. The molecule has 0 bridgehead atoms. The average molecular weight is 343 g/mol. The van der Waals surface area contributed by atoms with Crippen LogP contribution >= 0.6 is 11.8 Å². The van der Waals surface area contributed by atoms with Crippen molar-refractivity contribution in [2.45, 2.75) is 50.6 Å². The molecule has 24 heavy (non-hydrogen) atoms. The van der Waals surface area contributed by atoms with E-state index in [1.807, 2.05) is 11.8 Å². The van der Waals surface area contributed by atoms with E-state index in [1.54, 1.807) is 0 Å². The Labute approximate surface area is 148 Å². The molecular formula is C19H25N3OS.